The minimum Gasteiger partial charge on any atom is -0.490 e. The van der Waals surface area contributed by atoms with Gasteiger partial charge in [0.25, 0.3) is 0 Å². The average Bonchev–Trinajstić information content (AvgIpc) is 2.60. The van der Waals surface area contributed by atoms with Crippen molar-refractivity contribution < 1.29 is 19.0 Å². The first kappa shape index (κ1) is 20.6. The smallest absolute Gasteiger partial charge is 0.332 e. The van der Waals surface area contributed by atoms with E-state index in [0.717, 1.165) is 11.3 Å². The van der Waals surface area contributed by atoms with E-state index in [-0.39, 0.29) is 0 Å². The number of hydrazone groups is 1. The zero-order valence-corrected chi connectivity index (χ0v) is 16.8. The van der Waals surface area contributed by atoms with E-state index in [9.17, 15) is 4.79 Å². The van der Waals surface area contributed by atoms with Crippen LogP contribution in [-0.4, -0.2) is 32.1 Å². The largest absolute Gasteiger partial charge is 0.490 e. The first-order valence-corrected chi connectivity index (χ1v) is 9.16. The van der Waals surface area contributed by atoms with Gasteiger partial charge in [0.15, 0.2) is 11.5 Å². The molecule has 3 N–H and O–H groups in total. The third-order valence-corrected chi connectivity index (χ3v) is 3.90. The van der Waals surface area contributed by atoms with Crippen LogP contribution < -0.4 is 25.4 Å². The summed E-state index contributed by atoms with van der Waals surface area (Å²) in [5, 5.41) is 3.74. The monoisotopic (exact) mass is 435 g/mol. The molecule has 0 bridgehead atoms. The molecule has 0 heterocycles. The molecule has 0 radical (unpaired) electrons. The lowest BCUT2D eigenvalue weighted by Crippen LogP contribution is -2.24. The molecule has 0 unspecified atom stereocenters. The van der Waals surface area contributed by atoms with Crippen molar-refractivity contribution >= 4 is 28.2 Å². The molecule has 0 aliphatic rings. The van der Waals surface area contributed by atoms with E-state index in [1.165, 1.54) is 6.21 Å². The highest BCUT2D eigenvalue weighted by Gasteiger charge is 2.12. The van der Waals surface area contributed by atoms with Crippen molar-refractivity contribution in [2.45, 2.75) is 13.8 Å². The van der Waals surface area contributed by atoms with Gasteiger partial charge >= 0.3 is 6.03 Å². The Bertz CT molecular complexity index is 812. The summed E-state index contributed by atoms with van der Waals surface area (Å²) in [6.07, 6.45) is 1.46. The molecular formula is C19H22BrN3O4. The number of carbonyl (C=O) groups excluding carboxylic acids is 1. The molecule has 144 valence electrons. The molecule has 0 aliphatic heterocycles. The molecule has 0 fully saturated rings. The number of hydrogen-bond donors (Lipinski definition) is 2. The predicted molar refractivity (Wildman–Crippen MR) is 108 cm³/mol. The Labute approximate surface area is 166 Å². The maximum Gasteiger partial charge on any atom is 0.332 e. The summed E-state index contributed by atoms with van der Waals surface area (Å²) < 4.78 is 17.9. The Morgan fingerprint density at radius 2 is 2.00 bits per heavy atom. The topological polar surface area (TPSA) is 95.2 Å². The SMILES string of the molecule is CCOc1cc(C=NNC(N)=O)cc(Br)c1OCCOc1cccc(C)c1. The summed E-state index contributed by atoms with van der Waals surface area (Å²) in [5.74, 6) is 1.93. The zero-order chi connectivity index (χ0) is 19.6. The van der Waals surface area contributed by atoms with Crippen molar-refractivity contribution in [1.29, 1.82) is 0 Å². The summed E-state index contributed by atoms with van der Waals surface area (Å²) in [5.41, 5.74) is 8.97. The fourth-order valence-electron chi connectivity index (χ4n) is 2.24. The van der Waals surface area contributed by atoms with Gasteiger partial charge in [-0.1, -0.05) is 12.1 Å². The van der Waals surface area contributed by atoms with Crippen LogP contribution in [0.3, 0.4) is 0 Å². The van der Waals surface area contributed by atoms with Gasteiger partial charge in [-0.2, -0.15) is 5.10 Å². The lowest BCUT2D eigenvalue weighted by Gasteiger charge is -2.15. The number of aryl methyl sites for hydroxylation is 1. The van der Waals surface area contributed by atoms with Crippen molar-refractivity contribution in [2.75, 3.05) is 19.8 Å². The van der Waals surface area contributed by atoms with E-state index in [1.54, 1.807) is 12.1 Å². The number of rotatable bonds is 9. The van der Waals surface area contributed by atoms with Gasteiger partial charge in [0.1, 0.15) is 19.0 Å². The van der Waals surface area contributed by atoms with Crippen LogP contribution in [0, 0.1) is 6.92 Å². The first-order chi connectivity index (χ1) is 13.0. The van der Waals surface area contributed by atoms with Gasteiger partial charge in [0, 0.05) is 0 Å². The van der Waals surface area contributed by atoms with Crippen molar-refractivity contribution in [1.82, 2.24) is 5.43 Å². The maximum atomic E-state index is 10.7. The molecule has 0 aliphatic carbocycles. The van der Waals surface area contributed by atoms with Crippen molar-refractivity contribution in [2.24, 2.45) is 10.8 Å². The molecule has 8 heteroatoms. The third kappa shape index (κ3) is 6.82. The molecule has 27 heavy (non-hydrogen) atoms. The lowest BCUT2D eigenvalue weighted by atomic mass is 10.2. The van der Waals surface area contributed by atoms with E-state index in [4.69, 9.17) is 19.9 Å². The number of amides is 2. The number of urea groups is 1. The van der Waals surface area contributed by atoms with E-state index < -0.39 is 6.03 Å². The molecular weight excluding hydrogens is 414 g/mol. The summed E-state index contributed by atoms with van der Waals surface area (Å²) in [6, 6.07) is 10.7. The minimum atomic E-state index is -0.732. The zero-order valence-electron chi connectivity index (χ0n) is 15.2. The summed E-state index contributed by atoms with van der Waals surface area (Å²) in [4.78, 5) is 10.7. The first-order valence-electron chi connectivity index (χ1n) is 8.36. The Morgan fingerprint density at radius 1 is 1.22 bits per heavy atom. The Balaban J connectivity index is 2.01. The number of benzene rings is 2. The highest BCUT2D eigenvalue weighted by molar-refractivity contribution is 9.10. The van der Waals surface area contributed by atoms with Gasteiger partial charge in [-0.25, -0.2) is 10.2 Å². The quantitative estimate of drug-likeness (QED) is 0.357. The lowest BCUT2D eigenvalue weighted by molar-refractivity contribution is 0.207. The van der Waals surface area contributed by atoms with Crippen LogP contribution >= 0.6 is 15.9 Å². The Hall–Kier alpha value is -2.74. The molecule has 0 spiro atoms. The molecule has 2 aromatic carbocycles. The molecule has 0 saturated carbocycles. The fraction of sp³-hybridized carbons (Fsp3) is 0.263. The van der Waals surface area contributed by atoms with Crippen LogP contribution in [-0.2, 0) is 0 Å². The molecule has 0 aromatic heterocycles. The van der Waals surface area contributed by atoms with Gasteiger partial charge in [-0.05, 0) is 65.2 Å². The number of nitrogens with two attached hydrogens (primary N) is 1. The molecule has 0 saturated heterocycles. The van der Waals surface area contributed by atoms with Gasteiger partial charge < -0.3 is 19.9 Å². The maximum absolute atomic E-state index is 10.7. The Kier molecular flexibility index (Phi) is 7.94. The van der Waals surface area contributed by atoms with E-state index >= 15 is 0 Å². The third-order valence-electron chi connectivity index (χ3n) is 3.31. The van der Waals surface area contributed by atoms with Crippen molar-refractivity contribution in [3.63, 3.8) is 0 Å². The van der Waals surface area contributed by atoms with Gasteiger partial charge in [-0.15, -0.1) is 0 Å². The van der Waals surface area contributed by atoms with Gasteiger partial charge in [0.2, 0.25) is 0 Å². The number of nitrogens with one attached hydrogen (secondary N) is 1. The van der Waals surface area contributed by atoms with Gasteiger partial charge in [0.05, 0.1) is 17.3 Å². The second-order valence-corrected chi connectivity index (χ2v) is 6.37. The number of ether oxygens (including phenoxy) is 3. The predicted octanol–water partition coefficient (Wildman–Crippen LogP) is 3.62. The second kappa shape index (κ2) is 10.4. The molecule has 2 aromatic rings. The van der Waals surface area contributed by atoms with E-state index in [1.807, 2.05) is 38.1 Å². The van der Waals surface area contributed by atoms with Crippen LogP contribution in [0.1, 0.15) is 18.1 Å². The van der Waals surface area contributed by atoms with Crippen LogP contribution in [0.15, 0.2) is 46.0 Å². The number of hydrogen-bond acceptors (Lipinski definition) is 5. The summed E-state index contributed by atoms with van der Waals surface area (Å²) >= 11 is 3.48. The standard InChI is InChI=1S/C19H22BrN3O4/c1-3-25-17-11-14(12-22-23-19(21)24)10-16(20)18(17)27-8-7-26-15-6-4-5-13(2)9-15/h4-6,9-12H,3,7-8H2,1-2H3,(H3,21,23,24). The molecule has 7 nitrogen and oxygen atoms in total. The molecule has 0 atom stereocenters. The van der Waals surface area contributed by atoms with E-state index in [2.05, 4.69) is 26.5 Å². The average molecular weight is 436 g/mol. The summed E-state index contributed by atoms with van der Waals surface area (Å²) in [7, 11) is 0. The minimum absolute atomic E-state index is 0.350. The Morgan fingerprint density at radius 3 is 2.70 bits per heavy atom. The van der Waals surface area contributed by atoms with Crippen LogP contribution in [0.25, 0.3) is 0 Å². The highest BCUT2D eigenvalue weighted by atomic mass is 79.9. The number of nitrogens with zero attached hydrogens (tertiary/aromatic N) is 1. The fourth-order valence-corrected chi connectivity index (χ4v) is 2.82. The normalized spacial score (nSPS) is 10.6. The van der Waals surface area contributed by atoms with Crippen LogP contribution in [0.2, 0.25) is 0 Å². The molecule has 2 amide bonds. The van der Waals surface area contributed by atoms with Gasteiger partial charge in [-0.3, -0.25) is 0 Å². The number of carbonyl (C=O) groups is 1. The van der Waals surface area contributed by atoms with E-state index in [0.29, 0.717) is 41.4 Å². The number of primary amides is 1. The summed E-state index contributed by atoms with van der Waals surface area (Å²) in [6.45, 7) is 5.12. The van der Waals surface area contributed by atoms with Crippen molar-refractivity contribution in [3.05, 3.63) is 52.0 Å². The number of halogens is 1. The molecule has 2 rings (SSSR count). The van der Waals surface area contributed by atoms with Crippen LogP contribution in [0.5, 0.6) is 17.2 Å². The highest BCUT2D eigenvalue weighted by Crippen LogP contribution is 2.36. The van der Waals surface area contributed by atoms with Crippen LogP contribution in [0.4, 0.5) is 4.79 Å². The second-order valence-electron chi connectivity index (χ2n) is 5.51. The van der Waals surface area contributed by atoms with Crippen molar-refractivity contribution in [3.8, 4) is 17.2 Å².